The predicted molar refractivity (Wildman–Crippen MR) is 51.5 cm³/mol. The van der Waals surface area contributed by atoms with Gasteiger partial charge in [-0.2, -0.15) is 0 Å². The molecule has 4 atom stereocenters. The van der Waals surface area contributed by atoms with Gasteiger partial charge >= 0.3 is 0 Å². The van der Waals surface area contributed by atoms with Crippen LogP contribution in [-0.2, 0) is 0 Å². The second kappa shape index (κ2) is 4.00. The SMILES string of the molecule is CC1C[C@H](C)CCC(Cl)[C@@H]1Cl. The summed E-state index contributed by atoms with van der Waals surface area (Å²) in [4.78, 5) is 0. The third-order valence-electron chi connectivity index (χ3n) is 2.60. The molecule has 0 aliphatic heterocycles. The summed E-state index contributed by atoms with van der Waals surface area (Å²) in [7, 11) is 0. The summed E-state index contributed by atoms with van der Waals surface area (Å²) in [6.07, 6.45) is 3.56. The van der Waals surface area contributed by atoms with E-state index in [0.29, 0.717) is 5.92 Å². The quantitative estimate of drug-likeness (QED) is 0.408. The Hall–Kier alpha value is 0.580. The van der Waals surface area contributed by atoms with Gasteiger partial charge in [0.25, 0.3) is 0 Å². The first-order valence-corrected chi connectivity index (χ1v) is 5.26. The van der Waals surface area contributed by atoms with E-state index in [1.807, 2.05) is 0 Å². The van der Waals surface area contributed by atoms with Crippen LogP contribution in [0.4, 0.5) is 0 Å². The lowest BCUT2D eigenvalue weighted by atomic mass is 9.96. The molecule has 66 valence electrons. The Morgan fingerprint density at radius 3 is 2.36 bits per heavy atom. The van der Waals surface area contributed by atoms with Crippen LogP contribution in [0.25, 0.3) is 0 Å². The van der Waals surface area contributed by atoms with Crippen LogP contribution < -0.4 is 0 Å². The van der Waals surface area contributed by atoms with Crippen molar-refractivity contribution in [2.75, 3.05) is 0 Å². The molecule has 0 amide bonds. The summed E-state index contributed by atoms with van der Waals surface area (Å²) in [5.41, 5.74) is 0. The van der Waals surface area contributed by atoms with Gasteiger partial charge in [0.1, 0.15) is 0 Å². The molecule has 1 fully saturated rings. The standard InChI is InChI=1S/C9H16Cl2/c1-6-3-4-8(10)9(11)7(2)5-6/h6-9H,3-5H2,1-2H3/t6-,7?,8?,9-/m1/s1. The van der Waals surface area contributed by atoms with Crippen molar-refractivity contribution in [2.24, 2.45) is 11.8 Å². The van der Waals surface area contributed by atoms with Crippen molar-refractivity contribution in [2.45, 2.75) is 43.9 Å². The maximum absolute atomic E-state index is 6.16. The maximum atomic E-state index is 6.16. The highest BCUT2D eigenvalue weighted by molar-refractivity contribution is 6.30. The van der Waals surface area contributed by atoms with Crippen molar-refractivity contribution >= 4 is 23.2 Å². The molecule has 1 saturated carbocycles. The lowest BCUT2D eigenvalue weighted by Crippen LogP contribution is -2.20. The van der Waals surface area contributed by atoms with Crippen molar-refractivity contribution in [1.29, 1.82) is 0 Å². The number of rotatable bonds is 0. The number of hydrogen-bond acceptors (Lipinski definition) is 0. The Morgan fingerprint density at radius 2 is 1.73 bits per heavy atom. The van der Waals surface area contributed by atoms with E-state index in [1.54, 1.807) is 0 Å². The Bertz CT molecular complexity index is 125. The van der Waals surface area contributed by atoms with Gasteiger partial charge in [-0.25, -0.2) is 0 Å². The monoisotopic (exact) mass is 194 g/mol. The number of hydrogen-bond donors (Lipinski definition) is 0. The highest BCUT2D eigenvalue weighted by atomic mass is 35.5. The first kappa shape index (κ1) is 9.67. The van der Waals surface area contributed by atoms with Crippen molar-refractivity contribution in [3.8, 4) is 0 Å². The van der Waals surface area contributed by atoms with Gasteiger partial charge in [-0.3, -0.25) is 0 Å². The third-order valence-corrected chi connectivity index (χ3v) is 3.95. The van der Waals surface area contributed by atoms with E-state index in [4.69, 9.17) is 23.2 Å². The maximum Gasteiger partial charge on any atom is 0.0525 e. The van der Waals surface area contributed by atoms with Crippen LogP contribution in [0.1, 0.15) is 33.1 Å². The van der Waals surface area contributed by atoms with Gasteiger partial charge in [0.15, 0.2) is 0 Å². The highest BCUT2D eigenvalue weighted by Crippen LogP contribution is 2.33. The zero-order chi connectivity index (χ0) is 8.43. The minimum atomic E-state index is 0.182. The van der Waals surface area contributed by atoms with Crippen LogP contribution in [0.5, 0.6) is 0 Å². The smallest absolute Gasteiger partial charge is 0.0525 e. The van der Waals surface area contributed by atoms with Crippen molar-refractivity contribution in [3.63, 3.8) is 0 Å². The van der Waals surface area contributed by atoms with Gasteiger partial charge in [0, 0.05) is 0 Å². The van der Waals surface area contributed by atoms with E-state index in [-0.39, 0.29) is 10.8 Å². The van der Waals surface area contributed by atoms with Crippen molar-refractivity contribution in [1.82, 2.24) is 0 Å². The van der Waals surface area contributed by atoms with Crippen LogP contribution >= 0.6 is 23.2 Å². The van der Waals surface area contributed by atoms with Crippen LogP contribution in [0, 0.1) is 11.8 Å². The molecule has 0 aromatic carbocycles. The normalized spacial score (nSPS) is 46.9. The molecular formula is C9H16Cl2. The molecule has 0 aromatic heterocycles. The fourth-order valence-electron chi connectivity index (χ4n) is 1.84. The van der Waals surface area contributed by atoms with Crippen LogP contribution in [0.2, 0.25) is 0 Å². The average molecular weight is 195 g/mol. The lowest BCUT2D eigenvalue weighted by Gasteiger charge is -2.18. The van der Waals surface area contributed by atoms with Gasteiger partial charge in [-0.15, -0.1) is 23.2 Å². The van der Waals surface area contributed by atoms with E-state index in [0.717, 1.165) is 12.3 Å². The molecule has 0 bridgehead atoms. The minimum Gasteiger partial charge on any atom is -0.121 e. The van der Waals surface area contributed by atoms with E-state index < -0.39 is 0 Å². The van der Waals surface area contributed by atoms with Gasteiger partial charge < -0.3 is 0 Å². The molecular weight excluding hydrogens is 179 g/mol. The van der Waals surface area contributed by atoms with Gasteiger partial charge in [0.2, 0.25) is 0 Å². The number of alkyl halides is 2. The topological polar surface area (TPSA) is 0 Å². The lowest BCUT2D eigenvalue weighted by molar-refractivity contribution is 0.427. The fourth-order valence-corrected chi connectivity index (χ4v) is 2.45. The fraction of sp³-hybridized carbons (Fsp3) is 1.00. The van der Waals surface area contributed by atoms with Crippen LogP contribution in [0.3, 0.4) is 0 Å². The molecule has 1 aliphatic rings. The summed E-state index contributed by atoms with van der Waals surface area (Å²) in [5.74, 6) is 1.38. The van der Waals surface area contributed by atoms with E-state index >= 15 is 0 Å². The average Bonchev–Trinajstić information content (AvgIpc) is 2.05. The molecule has 1 aliphatic carbocycles. The van der Waals surface area contributed by atoms with Gasteiger partial charge in [0.05, 0.1) is 10.8 Å². The Labute approximate surface area is 79.3 Å². The van der Waals surface area contributed by atoms with Crippen LogP contribution in [0.15, 0.2) is 0 Å². The zero-order valence-electron chi connectivity index (χ0n) is 7.19. The largest absolute Gasteiger partial charge is 0.121 e. The Morgan fingerprint density at radius 1 is 1.09 bits per heavy atom. The van der Waals surface area contributed by atoms with E-state index in [2.05, 4.69) is 13.8 Å². The zero-order valence-corrected chi connectivity index (χ0v) is 8.70. The number of halogens is 2. The van der Waals surface area contributed by atoms with Crippen molar-refractivity contribution < 1.29 is 0 Å². The molecule has 1 rings (SSSR count). The Kier molecular flexibility index (Phi) is 3.52. The summed E-state index contributed by atoms with van der Waals surface area (Å²) in [6.45, 7) is 4.49. The summed E-state index contributed by atoms with van der Waals surface area (Å²) in [6, 6.07) is 0. The minimum absolute atomic E-state index is 0.182. The molecule has 0 saturated heterocycles. The highest BCUT2D eigenvalue weighted by Gasteiger charge is 2.28. The summed E-state index contributed by atoms with van der Waals surface area (Å²) >= 11 is 12.3. The molecule has 2 heteroatoms. The van der Waals surface area contributed by atoms with Gasteiger partial charge in [-0.05, 0) is 31.1 Å². The predicted octanol–water partition coefficient (Wildman–Crippen LogP) is 3.66. The molecule has 11 heavy (non-hydrogen) atoms. The Balaban J connectivity index is 2.53. The third kappa shape index (κ3) is 2.52. The van der Waals surface area contributed by atoms with Gasteiger partial charge in [-0.1, -0.05) is 13.8 Å². The molecule has 0 radical (unpaired) electrons. The molecule has 2 unspecified atom stereocenters. The molecule has 0 N–H and O–H groups in total. The second-order valence-electron chi connectivity index (χ2n) is 3.86. The molecule has 0 spiro atoms. The summed E-state index contributed by atoms with van der Waals surface area (Å²) < 4.78 is 0. The van der Waals surface area contributed by atoms with Crippen LogP contribution in [-0.4, -0.2) is 10.8 Å². The molecule has 0 aromatic rings. The summed E-state index contributed by atoms with van der Waals surface area (Å²) in [5, 5.41) is 0.373. The van der Waals surface area contributed by atoms with E-state index in [1.165, 1.54) is 12.8 Å². The first-order chi connectivity index (χ1) is 5.11. The first-order valence-electron chi connectivity index (χ1n) is 4.39. The molecule has 0 heterocycles. The molecule has 0 nitrogen and oxygen atoms in total. The van der Waals surface area contributed by atoms with E-state index in [9.17, 15) is 0 Å². The second-order valence-corrected chi connectivity index (χ2v) is 4.92. The van der Waals surface area contributed by atoms with Crippen molar-refractivity contribution in [3.05, 3.63) is 0 Å².